The number of hydrogen-bond donors (Lipinski definition) is 2. The van der Waals surface area contributed by atoms with Gasteiger partial charge < -0.3 is 20.3 Å². The van der Waals surface area contributed by atoms with Crippen LogP contribution < -0.4 is 15.5 Å². The van der Waals surface area contributed by atoms with E-state index in [0.717, 1.165) is 11.1 Å². The molecule has 1 fully saturated rings. The number of hydrogen-bond acceptors (Lipinski definition) is 6. The summed E-state index contributed by atoms with van der Waals surface area (Å²) in [5.41, 5.74) is 3.26. The number of nitro benzene ring substituents is 1. The lowest BCUT2D eigenvalue weighted by Gasteiger charge is -2.30. The van der Waals surface area contributed by atoms with Gasteiger partial charge in [-0.1, -0.05) is 42.0 Å². The molecule has 180 valence electrons. The zero-order chi connectivity index (χ0) is 24.8. The summed E-state index contributed by atoms with van der Waals surface area (Å²) in [6.07, 6.45) is 0. The molecule has 1 heterocycles. The van der Waals surface area contributed by atoms with Crippen molar-refractivity contribution in [3.05, 3.63) is 99.1 Å². The second-order valence-corrected chi connectivity index (χ2v) is 8.23. The lowest BCUT2D eigenvalue weighted by atomic mass is 10.1. The van der Waals surface area contributed by atoms with E-state index >= 15 is 0 Å². The number of aryl methyl sites for hydroxylation is 1. The monoisotopic (exact) mass is 474 g/mol. The van der Waals surface area contributed by atoms with Crippen LogP contribution in [0.4, 0.5) is 17.1 Å². The number of morpholine rings is 1. The minimum Gasteiger partial charge on any atom is -0.378 e. The van der Waals surface area contributed by atoms with Gasteiger partial charge in [-0.15, -0.1) is 0 Å². The number of non-ortho nitro benzene ring substituents is 1. The topological polar surface area (TPSA) is 114 Å². The predicted octanol–water partition coefficient (Wildman–Crippen LogP) is 3.92. The summed E-state index contributed by atoms with van der Waals surface area (Å²) in [5.74, 6) is -0.872. The summed E-state index contributed by atoms with van der Waals surface area (Å²) in [7, 11) is 0. The van der Waals surface area contributed by atoms with Crippen LogP contribution >= 0.6 is 0 Å². The molecule has 4 rings (SSSR count). The first-order valence-electron chi connectivity index (χ1n) is 11.3. The Morgan fingerprint density at radius 1 is 0.971 bits per heavy atom. The van der Waals surface area contributed by atoms with Crippen molar-refractivity contribution in [1.82, 2.24) is 5.32 Å². The Kier molecular flexibility index (Phi) is 7.37. The van der Waals surface area contributed by atoms with Crippen LogP contribution in [-0.2, 0) is 11.3 Å². The summed E-state index contributed by atoms with van der Waals surface area (Å²) in [6.45, 7) is 4.47. The number of carbonyl (C=O) groups excluding carboxylic acids is 2. The molecule has 0 spiro atoms. The second-order valence-electron chi connectivity index (χ2n) is 8.23. The number of carbonyl (C=O) groups is 2. The van der Waals surface area contributed by atoms with Crippen LogP contribution in [0.2, 0.25) is 0 Å². The Bertz CT molecular complexity index is 1240. The molecule has 9 heteroatoms. The van der Waals surface area contributed by atoms with Crippen molar-refractivity contribution in [3.8, 4) is 0 Å². The molecule has 3 aromatic carbocycles. The highest BCUT2D eigenvalue weighted by molar-refractivity contribution is 6.11. The van der Waals surface area contributed by atoms with E-state index in [1.54, 1.807) is 30.3 Å². The Labute approximate surface area is 202 Å². The van der Waals surface area contributed by atoms with E-state index < -0.39 is 10.8 Å². The van der Waals surface area contributed by atoms with E-state index in [1.807, 2.05) is 36.1 Å². The zero-order valence-corrected chi connectivity index (χ0v) is 19.3. The standard InChI is InChI=1S/C26H26N4O5/c1-18-6-8-19(9-7-18)17-27-25(31)21-4-2-3-5-23(21)28-26(32)22-16-20(30(33)34)10-11-24(22)29-12-14-35-15-13-29/h2-11,16H,12-15,17H2,1H3,(H,27,31)(H,28,32). The summed E-state index contributed by atoms with van der Waals surface area (Å²) in [4.78, 5) is 39.0. The van der Waals surface area contributed by atoms with E-state index in [9.17, 15) is 19.7 Å². The molecule has 0 aliphatic carbocycles. The number of rotatable bonds is 7. The minimum atomic E-state index is -0.535. The first-order valence-corrected chi connectivity index (χ1v) is 11.3. The molecule has 0 unspecified atom stereocenters. The van der Waals surface area contributed by atoms with Crippen LogP contribution in [0.25, 0.3) is 0 Å². The van der Waals surface area contributed by atoms with Crippen LogP contribution in [0.3, 0.4) is 0 Å². The van der Waals surface area contributed by atoms with Gasteiger partial charge in [0.1, 0.15) is 0 Å². The quantitative estimate of drug-likeness (QED) is 0.396. The lowest BCUT2D eigenvalue weighted by molar-refractivity contribution is -0.384. The summed E-state index contributed by atoms with van der Waals surface area (Å²) in [5, 5.41) is 17.0. The molecule has 0 atom stereocenters. The number of nitrogens with one attached hydrogen (secondary N) is 2. The third-order valence-electron chi connectivity index (χ3n) is 5.78. The first kappa shape index (κ1) is 23.9. The highest BCUT2D eigenvalue weighted by atomic mass is 16.6. The van der Waals surface area contributed by atoms with Gasteiger partial charge in [0.15, 0.2) is 0 Å². The number of ether oxygens (including phenoxy) is 1. The molecular formula is C26H26N4O5. The fourth-order valence-electron chi connectivity index (χ4n) is 3.86. The van der Waals surface area contributed by atoms with E-state index in [2.05, 4.69) is 10.6 Å². The second kappa shape index (κ2) is 10.8. The van der Waals surface area contributed by atoms with Crippen molar-refractivity contribution in [3.63, 3.8) is 0 Å². The number of anilines is 2. The molecule has 3 aromatic rings. The smallest absolute Gasteiger partial charge is 0.270 e. The van der Waals surface area contributed by atoms with E-state index in [1.165, 1.54) is 12.1 Å². The molecule has 1 aliphatic rings. The molecule has 0 aromatic heterocycles. The van der Waals surface area contributed by atoms with Crippen molar-refractivity contribution < 1.29 is 19.2 Å². The highest BCUT2D eigenvalue weighted by Crippen LogP contribution is 2.28. The summed E-state index contributed by atoms with van der Waals surface area (Å²) < 4.78 is 5.39. The fraction of sp³-hybridized carbons (Fsp3) is 0.231. The Balaban J connectivity index is 1.56. The summed E-state index contributed by atoms with van der Waals surface area (Å²) >= 11 is 0. The number of nitrogens with zero attached hydrogens (tertiary/aromatic N) is 2. The minimum absolute atomic E-state index is 0.163. The number of nitro groups is 1. The van der Waals surface area contributed by atoms with Gasteiger partial charge in [0, 0.05) is 31.8 Å². The average molecular weight is 475 g/mol. The number of benzene rings is 3. The van der Waals surface area contributed by atoms with Gasteiger partial charge in [0.05, 0.1) is 40.6 Å². The number of para-hydroxylation sites is 1. The SMILES string of the molecule is Cc1ccc(CNC(=O)c2ccccc2NC(=O)c2cc([N+](=O)[O-])ccc2N2CCOCC2)cc1. The third-order valence-corrected chi connectivity index (χ3v) is 5.78. The maximum Gasteiger partial charge on any atom is 0.270 e. The van der Waals surface area contributed by atoms with Gasteiger partial charge >= 0.3 is 0 Å². The molecule has 0 radical (unpaired) electrons. The van der Waals surface area contributed by atoms with Crippen molar-refractivity contribution in [2.24, 2.45) is 0 Å². The van der Waals surface area contributed by atoms with Crippen molar-refractivity contribution in [1.29, 1.82) is 0 Å². The first-order chi connectivity index (χ1) is 16.9. The predicted molar refractivity (Wildman–Crippen MR) is 133 cm³/mol. The maximum atomic E-state index is 13.3. The molecule has 35 heavy (non-hydrogen) atoms. The summed E-state index contributed by atoms with van der Waals surface area (Å²) in [6, 6.07) is 18.7. The molecule has 1 aliphatic heterocycles. The Morgan fingerprint density at radius 3 is 2.40 bits per heavy atom. The molecule has 9 nitrogen and oxygen atoms in total. The van der Waals surface area contributed by atoms with Gasteiger partial charge in [-0.25, -0.2) is 0 Å². The van der Waals surface area contributed by atoms with Gasteiger partial charge in [-0.3, -0.25) is 19.7 Å². The average Bonchev–Trinajstić information content (AvgIpc) is 2.88. The van der Waals surface area contributed by atoms with Crippen LogP contribution in [0.5, 0.6) is 0 Å². The highest BCUT2D eigenvalue weighted by Gasteiger charge is 2.23. The Hall–Kier alpha value is -4.24. The van der Waals surface area contributed by atoms with Crippen LogP contribution in [-0.4, -0.2) is 43.0 Å². The third kappa shape index (κ3) is 5.82. The van der Waals surface area contributed by atoms with E-state index in [4.69, 9.17) is 4.74 Å². The van der Waals surface area contributed by atoms with E-state index in [0.29, 0.717) is 49.8 Å². The van der Waals surface area contributed by atoms with Gasteiger partial charge in [-0.2, -0.15) is 0 Å². The van der Waals surface area contributed by atoms with Crippen molar-refractivity contribution in [2.75, 3.05) is 36.5 Å². The lowest BCUT2D eigenvalue weighted by Crippen LogP contribution is -2.37. The maximum absolute atomic E-state index is 13.3. The fourth-order valence-corrected chi connectivity index (χ4v) is 3.86. The van der Waals surface area contributed by atoms with Crippen LogP contribution in [0.1, 0.15) is 31.8 Å². The molecular weight excluding hydrogens is 448 g/mol. The van der Waals surface area contributed by atoms with Crippen molar-refractivity contribution in [2.45, 2.75) is 13.5 Å². The van der Waals surface area contributed by atoms with Crippen molar-refractivity contribution >= 4 is 28.9 Å². The van der Waals surface area contributed by atoms with Gasteiger partial charge in [-0.05, 0) is 30.7 Å². The van der Waals surface area contributed by atoms with Crippen LogP contribution in [0.15, 0.2) is 66.7 Å². The largest absolute Gasteiger partial charge is 0.378 e. The van der Waals surface area contributed by atoms with Gasteiger partial charge in [0.2, 0.25) is 0 Å². The normalized spacial score (nSPS) is 13.2. The molecule has 2 N–H and O–H groups in total. The zero-order valence-electron chi connectivity index (χ0n) is 19.3. The molecule has 2 amide bonds. The van der Waals surface area contributed by atoms with Crippen LogP contribution in [0, 0.1) is 17.0 Å². The molecule has 0 saturated carbocycles. The number of amides is 2. The Morgan fingerprint density at radius 2 is 1.69 bits per heavy atom. The van der Waals surface area contributed by atoms with E-state index in [-0.39, 0.29) is 17.2 Å². The molecule has 0 bridgehead atoms. The van der Waals surface area contributed by atoms with Gasteiger partial charge in [0.25, 0.3) is 17.5 Å². The molecule has 1 saturated heterocycles.